The SMILES string of the molecule is CCC(=O)Nc1nc2ccc(CC(=O)N3CCCCCC3)cc2s1. The lowest BCUT2D eigenvalue weighted by Gasteiger charge is -2.20. The number of hydrogen-bond acceptors (Lipinski definition) is 4. The van der Waals surface area contributed by atoms with Crippen molar-refractivity contribution >= 4 is 38.5 Å². The van der Waals surface area contributed by atoms with Crippen molar-refractivity contribution in [3.05, 3.63) is 23.8 Å². The highest BCUT2D eigenvalue weighted by Crippen LogP contribution is 2.27. The van der Waals surface area contributed by atoms with Crippen molar-refractivity contribution in [3.63, 3.8) is 0 Å². The van der Waals surface area contributed by atoms with Crippen LogP contribution in [0.4, 0.5) is 5.13 Å². The van der Waals surface area contributed by atoms with Gasteiger partial charge in [-0.15, -0.1) is 0 Å². The van der Waals surface area contributed by atoms with Crippen molar-refractivity contribution < 1.29 is 9.59 Å². The highest BCUT2D eigenvalue weighted by atomic mass is 32.1. The maximum Gasteiger partial charge on any atom is 0.226 e. The third kappa shape index (κ3) is 4.12. The van der Waals surface area contributed by atoms with E-state index in [9.17, 15) is 9.59 Å². The number of fused-ring (bicyclic) bond motifs is 1. The molecule has 1 aromatic heterocycles. The van der Waals surface area contributed by atoms with Crippen molar-refractivity contribution in [3.8, 4) is 0 Å². The monoisotopic (exact) mass is 345 g/mol. The van der Waals surface area contributed by atoms with Gasteiger partial charge in [0.15, 0.2) is 5.13 Å². The molecule has 5 nitrogen and oxygen atoms in total. The van der Waals surface area contributed by atoms with Crippen molar-refractivity contribution in [1.29, 1.82) is 0 Å². The number of aromatic nitrogens is 1. The number of likely N-dealkylation sites (tertiary alicyclic amines) is 1. The van der Waals surface area contributed by atoms with E-state index >= 15 is 0 Å². The third-order valence-corrected chi connectivity index (χ3v) is 5.27. The molecule has 0 radical (unpaired) electrons. The van der Waals surface area contributed by atoms with Crippen LogP contribution in [0.15, 0.2) is 18.2 Å². The predicted molar refractivity (Wildman–Crippen MR) is 97.3 cm³/mol. The molecule has 2 aromatic rings. The fourth-order valence-corrected chi connectivity index (χ4v) is 3.89. The number of benzene rings is 1. The van der Waals surface area contributed by atoms with E-state index in [1.54, 1.807) is 0 Å². The first kappa shape index (κ1) is 16.9. The van der Waals surface area contributed by atoms with Crippen LogP contribution in [0.1, 0.15) is 44.6 Å². The van der Waals surface area contributed by atoms with Crippen molar-refractivity contribution in [1.82, 2.24) is 9.88 Å². The van der Waals surface area contributed by atoms with Gasteiger partial charge in [0.25, 0.3) is 0 Å². The van der Waals surface area contributed by atoms with E-state index < -0.39 is 0 Å². The predicted octanol–water partition coefficient (Wildman–Crippen LogP) is 3.59. The average Bonchev–Trinajstić information content (AvgIpc) is 2.79. The van der Waals surface area contributed by atoms with Crippen LogP contribution in [-0.2, 0) is 16.0 Å². The normalized spacial score (nSPS) is 15.3. The molecule has 1 N–H and O–H groups in total. The van der Waals surface area contributed by atoms with Crippen LogP contribution in [0.25, 0.3) is 10.2 Å². The summed E-state index contributed by atoms with van der Waals surface area (Å²) >= 11 is 1.45. The first-order valence-electron chi connectivity index (χ1n) is 8.63. The Kier molecular flexibility index (Phi) is 5.45. The zero-order valence-electron chi connectivity index (χ0n) is 14.0. The van der Waals surface area contributed by atoms with Gasteiger partial charge in [-0.3, -0.25) is 9.59 Å². The molecule has 1 aromatic carbocycles. The van der Waals surface area contributed by atoms with Crippen LogP contribution in [0, 0.1) is 0 Å². The molecular formula is C18H23N3O2S. The Balaban J connectivity index is 1.70. The number of hydrogen-bond donors (Lipinski definition) is 1. The molecule has 0 aliphatic carbocycles. The molecule has 0 unspecified atom stereocenters. The van der Waals surface area contributed by atoms with Gasteiger partial charge in [-0.2, -0.15) is 0 Å². The molecule has 128 valence electrons. The van der Waals surface area contributed by atoms with Crippen molar-refractivity contribution in [2.24, 2.45) is 0 Å². The summed E-state index contributed by atoms with van der Waals surface area (Å²) in [5.74, 6) is 0.172. The van der Waals surface area contributed by atoms with Crippen molar-refractivity contribution in [2.75, 3.05) is 18.4 Å². The summed E-state index contributed by atoms with van der Waals surface area (Å²) in [6.07, 6.45) is 5.54. The summed E-state index contributed by atoms with van der Waals surface area (Å²) < 4.78 is 1.00. The molecule has 6 heteroatoms. The van der Waals surface area contributed by atoms with E-state index in [0.717, 1.165) is 41.7 Å². The largest absolute Gasteiger partial charge is 0.342 e. The van der Waals surface area contributed by atoms with Crippen LogP contribution in [0.5, 0.6) is 0 Å². The Labute approximate surface area is 146 Å². The van der Waals surface area contributed by atoms with E-state index in [-0.39, 0.29) is 11.8 Å². The number of nitrogens with one attached hydrogen (secondary N) is 1. The molecule has 0 atom stereocenters. The summed E-state index contributed by atoms with van der Waals surface area (Å²) in [5, 5.41) is 3.41. The lowest BCUT2D eigenvalue weighted by molar-refractivity contribution is -0.130. The molecule has 1 fully saturated rings. The van der Waals surface area contributed by atoms with Gasteiger partial charge in [0.1, 0.15) is 0 Å². The summed E-state index contributed by atoms with van der Waals surface area (Å²) in [7, 11) is 0. The zero-order valence-corrected chi connectivity index (χ0v) is 14.8. The second-order valence-corrected chi connectivity index (χ2v) is 7.23. The number of carbonyl (C=O) groups excluding carboxylic acids is 2. The fraction of sp³-hybridized carbons (Fsp3) is 0.500. The fourth-order valence-electron chi connectivity index (χ4n) is 2.95. The maximum absolute atomic E-state index is 12.5. The van der Waals surface area contributed by atoms with Crippen LogP contribution < -0.4 is 5.32 Å². The van der Waals surface area contributed by atoms with Gasteiger partial charge in [0.05, 0.1) is 16.6 Å². The molecule has 1 saturated heterocycles. The highest BCUT2D eigenvalue weighted by Gasteiger charge is 2.16. The molecule has 2 heterocycles. The molecule has 0 spiro atoms. The molecule has 0 bridgehead atoms. The standard InChI is InChI=1S/C18H23N3O2S/c1-2-16(22)20-18-19-14-8-7-13(11-15(14)24-18)12-17(23)21-9-5-3-4-6-10-21/h7-8,11H,2-6,9-10,12H2,1H3,(H,19,20,22). The number of thiazole rings is 1. The Hall–Kier alpha value is -1.95. The number of rotatable bonds is 4. The van der Waals surface area contributed by atoms with Gasteiger partial charge in [-0.05, 0) is 30.5 Å². The molecular weight excluding hydrogens is 322 g/mol. The van der Waals surface area contributed by atoms with E-state index in [1.165, 1.54) is 24.2 Å². The van der Waals surface area contributed by atoms with E-state index in [0.29, 0.717) is 18.0 Å². The zero-order chi connectivity index (χ0) is 16.9. The average molecular weight is 345 g/mol. The number of carbonyl (C=O) groups is 2. The smallest absolute Gasteiger partial charge is 0.226 e. The van der Waals surface area contributed by atoms with Gasteiger partial charge in [-0.25, -0.2) is 4.98 Å². The quantitative estimate of drug-likeness (QED) is 0.921. The Morgan fingerprint density at radius 2 is 1.96 bits per heavy atom. The van der Waals surface area contributed by atoms with E-state index in [4.69, 9.17) is 0 Å². The second kappa shape index (κ2) is 7.75. The summed E-state index contributed by atoms with van der Waals surface area (Å²) in [6.45, 7) is 3.58. The summed E-state index contributed by atoms with van der Waals surface area (Å²) in [4.78, 5) is 30.4. The van der Waals surface area contributed by atoms with E-state index in [1.807, 2.05) is 30.0 Å². The van der Waals surface area contributed by atoms with Crippen LogP contribution >= 0.6 is 11.3 Å². The minimum atomic E-state index is -0.0365. The minimum absolute atomic E-state index is 0.0365. The molecule has 24 heavy (non-hydrogen) atoms. The third-order valence-electron chi connectivity index (χ3n) is 4.33. The lowest BCUT2D eigenvalue weighted by atomic mass is 10.1. The van der Waals surface area contributed by atoms with Crippen molar-refractivity contribution in [2.45, 2.75) is 45.4 Å². The molecule has 3 rings (SSSR count). The van der Waals surface area contributed by atoms with E-state index in [2.05, 4.69) is 10.3 Å². The molecule has 1 aliphatic rings. The maximum atomic E-state index is 12.5. The highest BCUT2D eigenvalue weighted by molar-refractivity contribution is 7.22. The van der Waals surface area contributed by atoms with Crippen LogP contribution in [0.2, 0.25) is 0 Å². The topological polar surface area (TPSA) is 62.3 Å². The molecule has 0 saturated carbocycles. The summed E-state index contributed by atoms with van der Waals surface area (Å²) in [6, 6.07) is 5.91. The number of amides is 2. The van der Waals surface area contributed by atoms with Gasteiger partial charge in [0, 0.05) is 19.5 Å². The molecule has 1 aliphatic heterocycles. The first-order chi connectivity index (χ1) is 11.7. The number of anilines is 1. The Morgan fingerprint density at radius 3 is 2.67 bits per heavy atom. The minimum Gasteiger partial charge on any atom is -0.342 e. The van der Waals surface area contributed by atoms with Gasteiger partial charge < -0.3 is 10.2 Å². The van der Waals surface area contributed by atoms with Gasteiger partial charge in [0.2, 0.25) is 11.8 Å². The van der Waals surface area contributed by atoms with Crippen LogP contribution in [0.3, 0.4) is 0 Å². The Bertz CT molecular complexity index is 733. The van der Waals surface area contributed by atoms with Gasteiger partial charge in [-0.1, -0.05) is 37.2 Å². The second-order valence-electron chi connectivity index (χ2n) is 6.19. The van der Waals surface area contributed by atoms with Gasteiger partial charge >= 0.3 is 0 Å². The summed E-state index contributed by atoms with van der Waals surface area (Å²) in [5.41, 5.74) is 1.87. The lowest BCUT2D eigenvalue weighted by Crippen LogP contribution is -2.33. The molecule has 2 amide bonds. The first-order valence-corrected chi connectivity index (χ1v) is 9.44. The Morgan fingerprint density at radius 1 is 1.21 bits per heavy atom. The van der Waals surface area contributed by atoms with Crippen LogP contribution in [-0.4, -0.2) is 34.8 Å². The number of nitrogens with zero attached hydrogens (tertiary/aromatic N) is 2.